The van der Waals surface area contributed by atoms with Crippen LogP contribution in [0.3, 0.4) is 0 Å². The normalized spacial score (nSPS) is 10.7. The van der Waals surface area contributed by atoms with Crippen LogP contribution in [0.4, 0.5) is 5.82 Å². The zero-order chi connectivity index (χ0) is 12.4. The van der Waals surface area contributed by atoms with E-state index < -0.39 is 5.97 Å². The van der Waals surface area contributed by atoms with E-state index in [1.165, 1.54) is 17.7 Å². The van der Waals surface area contributed by atoms with Crippen LogP contribution in [-0.4, -0.2) is 27.6 Å². The number of aromatic nitrogens is 2. The summed E-state index contributed by atoms with van der Waals surface area (Å²) in [6, 6.07) is 0. The Kier molecular flexibility index (Phi) is 3.23. The van der Waals surface area contributed by atoms with Gasteiger partial charge < -0.3 is 10.4 Å². The number of aryl methyl sites for hydroxylation is 1. The molecule has 6 heteroatoms. The van der Waals surface area contributed by atoms with Crippen LogP contribution >= 0.6 is 11.3 Å². The summed E-state index contributed by atoms with van der Waals surface area (Å²) in [5.41, 5.74) is 0.733. The van der Waals surface area contributed by atoms with E-state index in [2.05, 4.69) is 22.2 Å². The molecule has 5 nitrogen and oxygen atoms in total. The lowest BCUT2D eigenvalue weighted by atomic mass is 10.2. The molecule has 90 valence electrons. The Morgan fingerprint density at radius 2 is 2.29 bits per heavy atom. The van der Waals surface area contributed by atoms with Crippen molar-refractivity contribution in [1.82, 2.24) is 9.97 Å². The fourth-order valence-electron chi connectivity index (χ4n) is 1.65. The molecule has 0 aliphatic heterocycles. The summed E-state index contributed by atoms with van der Waals surface area (Å²) in [6.45, 7) is 4.67. The molecule has 17 heavy (non-hydrogen) atoms. The second-order valence-electron chi connectivity index (χ2n) is 3.69. The van der Waals surface area contributed by atoms with Crippen LogP contribution in [0.15, 0.2) is 6.33 Å². The Morgan fingerprint density at radius 3 is 2.94 bits per heavy atom. The van der Waals surface area contributed by atoms with Gasteiger partial charge in [0.25, 0.3) is 0 Å². The lowest BCUT2D eigenvalue weighted by Gasteiger charge is -2.04. The molecule has 2 rings (SSSR count). The average Bonchev–Trinajstić information content (AvgIpc) is 2.65. The smallest absolute Gasteiger partial charge is 0.346 e. The minimum Gasteiger partial charge on any atom is -0.477 e. The van der Waals surface area contributed by atoms with Crippen molar-refractivity contribution >= 4 is 33.3 Å². The minimum absolute atomic E-state index is 0.333. The second-order valence-corrected chi connectivity index (χ2v) is 4.69. The number of hydrogen-bond acceptors (Lipinski definition) is 5. The summed E-state index contributed by atoms with van der Waals surface area (Å²) in [7, 11) is 0. The molecule has 0 unspecified atom stereocenters. The molecule has 0 radical (unpaired) electrons. The Morgan fingerprint density at radius 1 is 1.53 bits per heavy atom. The molecule has 0 saturated carbocycles. The maximum absolute atomic E-state index is 11.1. The van der Waals surface area contributed by atoms with Gasteiger partial charge in [0.1, 0.15) is 21.9 Å². The summed E-state index contributed by atoms with van der Waals surface area (Å²) in [5.74, 6) is -0.190. The SMILES string of the molecule is CCCNc1ncnc2sc(C(=O)O)c(C)c12. The van der Waals surface area contributed by atoms with Crippen LogP contribution < -0.4 is 5.32 Å². The molecule has 0 aliphatic rings. The van der Waals surface area contributed by atoms with Gasteiger partial charge in [0.05, 0.1) is 5.39 Å². The number of fused-ring (bicyclic) bond motifs is 1. The van der Waals surface area contributed by atoms with Crippen LogP contribution in [-0.2, 0) is 0 Å². The number of carboxylic acid groups (broad SMARTS) is 1. The molecule has 0 aromatic carbocycles. The highest BCUT2D eigenvalue weighted by molar-refractivity contribution is 7.20. The van der Waals surface area contributed by atoms with Gasteiger partial charge in [-0.2, -0.15) is 0 Å². The number of anilines is 1. The van der Waals surface area contributed by atoms with Gasteiger partial charge in [-0.1, -0.05) is 6.92 Å². The van der Waals surface area contributed by atoms with Crippen molar-refractivity contribution in [3.8, 4) is 0 Å². The molecule has 0 aliphatic carbocycles. The van der Waals surface area contributed by atoms with E-state index in [4.69, 9.17) is 5.11 Å². The first kappa shape index (κ1) is 11.8. The second kappa shape index (κ2) is 4.67. The zero-order valence-electron chi connectivity index (χ0n) is 9.65. The molecule has 0 fully saturated rings. The third-order valence-corrected chi connectivity index (χ3v) is 3.65. The van der Waals surface area contributed by atoms with Crippen molar-refractivity contribution in [2.45, 2.75) is 20.3 Å². The largest absolute Gasteiger partial charge is 0.477 e. The average molecular weight is 251 g/mol. The third kappa shape index (κ3) is 2.08. The lowest BCUT2D eigenvalue weighted by molar-refractivity contribution is 0.0701. The molecular weight excluding hydrogens is 238 g/mol. The number of nitrogens with one attached hydrogen (secondary N) is 1. The Labute approximate surface area is 103 Å². The van der Waals surface area contributed by atoms with Gasteiger partial charge in [-0.25, -0.2) is 14.8 Å². The predicted octanol–water partition coefficient (Wildman–Crippen LogP) is 2.52. The van der Waals surface area contributed by atoms with Gasteiger partial charge >= 0.3 is 5.97 Å². The van der Waals surface area contributed by atoms with E-state index >= 15 is 0 Å². The van der Waals surface area contributed by atoms with E-state index in [1.807, 2.05) is 0 Å². The van der Waals surface area contributed by atoms with E-state index in [0.29, 0.717) is 9.71 Å². The van der Waals surface area contributed by atoms with Crippen LogP contribution in [0.25, 0.3) is 10.2 Å². The van der Waals surface area contributed by atoms with Crippen LogP contribution in [0, 0.1) is 6.92 Å². The standard InChI is InChI=1S/C11H13N3O2S/c1-3-4-12-9-7-6(2)8(11(15)16)17-10(7)14-5-13-9/h5H,3-4H2,1-2H3,(H,15,16)(H,12,13,14). The van der Waals surface area contributed by atoms with Gasteiger partial charge in [0, 0.05) is 6.54 Å². The summed E-state index contributed by atoms with van der Waals surface area (Å²) in [6.07, 6.45) is 2.45. The Balaban J connectivity index is 2.58. The molecule has 2 heterocycles. The van der Waals surface area contributed by atoms with Gasteiger partial charge in [-0.15, -0.1) is 11.3 Å². The zero-order valence-corrected chi connectivity index (χ0v) is 10.5. The highest BCUT2D eigenvalue weighted by atomic mass is 32.1. The number of nitrogens with zero attached hydrogens (tertiary/aromatic N) is 2. The maximum atomic E-state index is 11.1. The minimum atomic E-state index is -0.910. The van der Waals surface area contributed by atoms with E-state index in [1.54, 1.807) is 6.92 Å². The Hall–Kier alpha value is -1.69. The van der Waals surface area contributed by atoms with E-state index in [9.17, 15) is 4.79 Å². The third-order valence-electron chi connectivity index (χ3n) is 2.46. The topological polar surface area (TPSA) is 75.1 Å². The van der Waals surface area contributed by atoms with Crippen LogP contribution in [0.5, 0.6) is 0 Å². The molecule has 2 N–H and O–H groups in total. The number of rotatable bonds is 4. The first-order valence-electron chi connectivity index (χ1n) is 5.36. The molecule has 0 spiro atoms. The summed E-state index contributed by atoms with van der Waals surface area (Å²) in [5, 5.41) is 13.1. The van der Waals surface area contributed by atoms with Crippen molar-refractivity contribution < 1.29 is 9.90 Å². The highest BCUT2D eigenvalue weighted by Gasteiger charge is 2.18. The van der Waals surface area contributed by atoms with Gasteiger partial charge in [0.2, 0.25) is 0 Å². The van der Waals surface area contributed by atoms with Gasteiger partial charge in [0.15, 0.2) is 0 Å². The molecule has 0 saturated heterocycles. The van der Waals surface area contributed by atoms with Gasteiger partial charge in [-0.3, -0.25) is 0 Å². The highest BCUT2D eigenvalue weighted by Crippen LogP contribution is 2.32. The molecule has 0 atom stereocenters. The number of aromatic carboxylic acids is 1. The molecular formula is C11H13N3O2S. The van der Waals surface area contributed by atoms with Crippen molar-refractivity contribution in [2.75, 3.05) is 11.9 Å². The van der Waals surface area contributed by atoms with Crippen molar-refractivity contribution in [3.63, 3.8) is 0 Å². The van der Waals surface area contributed by atoms with Crippen molar-refractivity contribution in [3.05, 3.63) is 16.8 Å². The predicted molar refractivity (Wildman–Crippen MR) is 67.9 cm³/mol. The van der Waals surface area contributed by atoms with Crippen molar-refractivity contribution in [2.24, 2.45) is 0 Å². The van der Waals surface area contributed by atoms with Crippen LogP contribution in [0.1, 0.15) is 28.6 Å². The molecule has 0 amide bonds. The monoisotopic (exact) mass is 251 g/mol. The molecule has 0 bridgehead atoms. The maximum Gasteiger partial charge on any atom is 0.346 e. The number of carbonyl (C=O) groups is 1. The Bertz CT molecular complexity index is 565. The number of carboxylic acids is 1. The summed E-state index contributed by atoms with van der Waals surface area (Å²) < 4.78 is 0. The molecule has 2 aromatic heterocycles. The first-order chi connectivity index (χ1) is 8.15. The first-order valence-corrected chi connectivity index (χ1v) is 6.18. The van der Waals surface area contributed by atoms with E-state index in [0.717, 1.165) is 29.7 Å². The quantitative estimate of drug-likeness (QED) is 0.873. The van der Waals surface area contributed by atoms with Crippen LogP contribution in [0.2, 0.25) is 0 Å². The number of hydrogen-bond donors (Lipinski definition) is 2. The van der Waals surface area contributed by atoms with Gasteiger partial charge in [-0.05, 0) is 18.9 Å². The number of thiophene rings is 1. The lowest BCUT2D eigenvalue weighted by Crippen LogP contribution is -2.03. The summed E-state index contributed by atoms with van der Waals surface area (Å²) >= 11 is 1.19. The molecule has 2 aromatic rings. The fourth-order valence-corrected chi connectivity index (χ4v) is 2.64. The van der Waals surface area contributed by atoms with Crippen molar-refractivity contribution in [1.29, 1.82) is 0 Å². The summed E-state index contributed by atoms with van der Waals surface area (Å²) in [4.78, 5) is 20.4. The fraction of sp³-hybridized carbons (Fsp3) is 0.364. The van der Waals surface area contributed by atoms with E-state index in [-0.39, 0.29) is 0 Å².